The third-order valence-electron chi connectivity index (χ3n) is 4.02. The lowest BCUT2D eigenvalue weighted by atomic mass is 9.98. The molecule has 1 amide bonds. The average Bonchev–Trinajstić information content (AvgIpc) is 2.49. The van der Waals surface area contributed by atoms with Gasteiger partial charge in [0, 0.05) is 19.5 Å². The van der Waals surface area contributed by atoms with E-state index in [0.717, 1.165) is 50.4 Å². The summed E-state index contributed by atoms with van der Waals surface area (Å²) < 4.78 is 0. The fraction of sp³-hybridized carbons (Fsp3) is 0.929. The van der Waals surface area contributed by atoms with Crippen molar-refractivity contribution in [2.24, 2.45) is 11.8 Å². The number of hydrogen-bond donors (Lipinski definition) is 1. The number of carbonyl (C=O) groups excluding carboxylic acids is 1. The summed E-state index contributed by atoms with van der Waals surface area (Å²) in [5.41, 5.74) is 0. The molecule has 3 heteroatoms. The molecule has 2 nitrogen and oxygen atoms in total. The lowest BCUT2D eigenvalue weighted by molar-refractivity contribution is -0.130. The Morgan fingerprint density at radius 1 is 1.41 bits per heavy atom. The molecule has 1 aliphatic rings. The first kappa shape index (κ1) is 14.9. The van der Waals surface area contributed by atoms with Crippen molar-refractivity contribution < 1.29 is 4.79 Å². The van der Waals surface area contributed by atoms with Gasteiger partial charge in [-0.15, -0.1) is 0 Å². The minimum atomic E-state index is 0.374. The molecule has 1 fully saturated rings. The summed E-state index contributed by atoms with van der Waals surface area (Å²) in [6, 6.07) is 0. The van der Waals surface area contributed by atoms with E-state index in [1.54, 1.807) is 0 Å². The van der Waals surface area contributed by atoms with E-state index in [4.69, 9.17) is 0 Å². The van der Waals surface area contributed by atoms with Crippen LogP contribution in [0.1, 0.15) is 52.4 Å². The number of carbonyl (C=O) groups is 1. The van der Waals surface area contributed by atoms with E-state index in [9.17, 15) is 4.79 Å². The van der Waals surface area contributed by atoms with Crippen molar-refractivity contribution in [2.45, 2.75) is 52.4 Å². The van der Waals surface area contributed by atoms with Crippen molar-refractivity contribution in [3.8, 4) is 0 Å². The van der Waals surface area contributed by atoms with Gasteiger partial charge in [-0.25, -0.2) is 0 Å². The Hall–Kier alpha value is -0.180. The maximum Gasteiger partial charge on any atom is 0.222 e. The lowest BCUT2D eigenvalue weighted by Gasteiger charge is -2.22. The van der Waals surface area contributed by atoms with E-state index in [1.807, 2.05) is 0 Å². The molecule has 0 aromatic heterocycles. The SMILES string of the molecule is CCC1CCC(=O)N(CCC(C)CCS)CC1. The van der Waals surface area contributed by atoms with Gasteiger partial charge in [-0.05, 0) is 43.3 Å². The normalized spacial score (nSPS) is 23.6. The second-order valence-electron chi connectivity index (χ2n) is 5.39. The maximum absolute atomic E-state index is 12.0. The van der Waals surface area contributed by atoms with Crippen LogP contribution in [0.4, 0.5) is 0 Å². The summed E-state index contributed by atoms with van der Waals surface area (Å²) in [5, 5.41) is 0. The molecule has 0 N–H and O–H groups in total. The number of likely N-dealkylation sites (tertiary alicyclic amines) is 1. The Kier molecular flexibility index (Phi) is 7.02. The molecule has 0 spiro atoms. The molecular formula is C14H27NOS. The van der Waals surface area contributed by atoms with Crippen LogP contribution < -0.4 is 0 Å². The summed E-state index contributed by atoms with van der Waals surface area (Å²) in [5.74, 6) is 2.77. The van der Waals surface area contributed by atoms with Crippen molar-refractivity contribution in [2.75, 3.05) is 18.8 Å². The van der Waals surface area contributed by atoms with E-state index in [-0.39, 0.29) is 0 Å². The molecule has 1 aliphatic heterocycles. The Bertz CT molecular complexity index is 232. The third kappa shape index (κ3) is 5.33. The summed E-state index contributed by atoms with van der Waals surface area (Å²) in [6.45, 7) is 6.42. The van der Waals surface area contributed by atoms with Crippen molar-refractivity contribution in [1.29, 1.82) is 0 Å². The van der Waals surface area contributed by atoms with Crippen LogP contribution in [0.25, 0.3) is 0 Å². The molecule has 0 bridgehead atoms. The minimum absolute atomic E-state index is 0.374. The Labute approximate surface area is 112 Å². The zero-order valence-corrected chi connectivity index (χ0v) is 12.2. The molecule has 100 valence electrons. The quantitative estimate of drug-likeness (QED) is 0.723. The van der Waals surface area contributed by atoms with Crippen molar-refractivity contribution >= 4 is 18.5 Å². The van der Waals surface area contributed by atoms with Crippen molar-refractivity contribution in [3.63, 3.8) is 0 Å². The van der Waals surface area contributed by atoms with Gasteiger partial charge in [-0.1, -0.05) is 20.3 Å². The highest BCUT2D eigenvalue weighted by molar-refractivity contribution is 7.80. The summed E-state index contributed by atoms with van der Waals surface area (Å²) >= 11 is 4.26. The van der Waals surface area contributed by atoms with E-state index >= 15 is 0 Å². The largest absolute Gasteiger partial charge is 0.343 e. The topological polar surface area (TPSA) is 20.3 Å². The van der Waals surface area contributed by atoms with Crippen LogP contribution in [-0.4, -0.2) is 29.6 Å². The Balaban J connectivity index is 2.34. The molecule has 1 rings (SSSR count). The predicted octanol–water partition coefficient (Wildman–Crippen LogP) is 3.37. The number of thiol groups is 1. The fourth-order valence-corrected chi connectivity index (χ4v) is 2.92. The summed E-state index contributed by atoms with van der Waals surface area (Å²) in [6.07, 6.45) is 6.56. The van der Waals surface area contributed by atoms with Gasteiger partial charge in [0.15, 0.2) is 0 Å². The second kappa shape index (κ2) is 8.02. The van der Waals surface area contributed by atoms with E-state index in [1.165, 1.54) is 12.8 Å². The van der Waals surface area contributed by atoms with Gasteiger partial charge in [-0.2, -0.15) is 12.6 Å². The molecule has 2 unspecified atom stereocenters. The highest BCUT2D eigenvalue weighted by Crippen LogP contribution is 2.21. The van der Waals surface area contributed by atoms with Gasteiger partial charge in [-0.3, -0.25) is 4.79 Å². The molecule has 1 saturated heterocycles. The van der Waals surface area contributed by atoms with E-state index in [2.05, 4.69) is 31.4 Å². The van der Waals surface area contributed by atoms with Gasteiger partial charge in [0.05, 0.1) is 0 Å². The van der Waals surface area contributed by atoms with Crippen LogP contribution in [0.2, 0.25) is 0 Å². The van der Waals surface area contributed by atoms with Crippen LogP contribution in [0.15, 0.2) is 0 Å². The summed E-state index contributed by atoms with van der Waals surface area (Å²) in [7, 11) is 0. The molecule has 0 saturated carbocycles. The molecule has 17 heavy (non-hydrogen) atoms. The second-order valence-corrected chi connectivity index (χ2v) is 5.84. The highest BCUT2D eigenvalue weighted by atomic mass is 32.1. The predicted molar refractivity (Wildman–Crippen MR) is 76.5 cm³/mol. The first-order valence-corrected chi connectivity index (χ1v) is 7.69. The smallest absolute Gasteiger partial charge is 0.222 e. The van der Waals surface area contributed by atoms with E-state index < -0.39 is 0 Å². The number of hydrogen-bond acceptors (Lipinski definition) is 2. The maximum atomic E-state index is 12.0. The first-order valence-electron chi connectivity index (χ1n) is 7.06. The molecule has 2 atom stereocenters. The third-order valence-corrected chi connectivity index (χ3v) is 4.28. The van der Waals surface area contributed by atoms with Crippen molar-refractivity contribution in [3.05, 3.63) is 0 Å². The molecule has 0 aromatic carbocycles. The van der Waals surface area contributed by atoms with Crippen LogP contribution >= 0.6 is 12.6 Å². The van der Waals surface area contributed by atoms with Gasteiger partial charge < -0.3 is 4.90 Å². The van der Waals surface area contributed by atoms with Gasteiger partial charge in [0.25, 0.3) is 0 Å². The van der Waals surface area contributed by atoms with Crippen LogP contribution in [0, 0.1) is 11.8 Å². The average molecular weight is 257 g/mol. The minimum Gasteiger partial charge on any atom is -0.343 e. The Morgan fingerprint density at radius 2 is 2.18 bits per heavy atom. The molecule has 0 radical (unpaired) electrons. The fourth-order valence-electron chi connectivity index (χ4n) is 2.48. The van der Waals surface area contributed by atoms with Crippen LogP contribution in [0.3, 0.4) is 0 Å². The van der Waals surface area contributed by atoms with Gasteiger partial charge in [0.1, 0.15) is 0 Å². The monoisotopic (exact) mass is 257 g/mol. The van der Waals surface area contributed by atoms with Crippen molar-refractivity contribution in [1.82, 2.24) is 4.90 Å². The first-order chi connectivity index (χ1) is 8.17. The number of rotatable bonds is 6. The van der Waals surface area contributed by atoms with Gasteiger partial charge >= 0.3 is 0 Å². The Morgan fingerprint density at radius 3 is 2.82 bits per heavy atom. The van der Waals surface area contributed by atoms with E-state index in [0.29, 0.717) is 11.8 Å². The summed E-state index contributed by atoms with van der Waals surface area (Å²) in [4.78, 5) is 14.0. The standard InChI is InChI=1S/C14H27NOS/c1-3-13-4-5-14(16)15(10-7-13)9-6-12(2)8-11-17/h12-13,17H,3-11H2,1-2H3. The lowest BCUT2D eigenvalue weighted by Crippen LogP contribution is -2.32. The van der Waals surface area contributed by atoms with Crippen LogP contribution in [0.5, 0.6) is 0 Å². The highest BCUT2D eigenvalue weighted by Gasteiger charge is 2.21. The van der Waals surface area contributed by atoms with Crippen LogP contribution in [-0.2, 0) is 4.79 Å². The zero-order valence-electron chi connectivity index (χ0n) is 11.3. The number of nitrogens with zero attached hydrogens (tertiary/aromatic N) is 1. The molecule has 0 aliphatic carbocycles. The number of amides is 1. The molecular weight excluding hydrogens is 230 g/mol. The van der Waals surface area contributed by atoms with Gasteiger partial charge in [0.2, 0.25) is 5.91 Å². The zero-order chi connectivity index (χ0) is 12.7. The molecule has 0 aromatic rings. The molecule has 1 heterocycles.